The van der Waals surface area contributed by atoms with Gasteiger partial charge in [0, 0.05) is 12.7 Å². The smallest absolute Gasteiger partial charge is 0.254 e. The van der Waals surface area contributed by atoms with E-state index < -0.39 is 6.10 Å². The molecule has 0 bridgehead atoms. The minimum Gasteiger partial charge on any atom is -0.372 e. The lowest BCUT2D eigenvalue weighted by Crippen LogP contribution is -2.26. The van der Waals surface area contributed by atoms with E-state index >= 15 is 0 Å². The summed E-state index contributed by atoms with van der Waals surface area (Å²) in [6.07, 6.45) is -0.500. The molecule has 1 aromatic heterocycles. The van der Waals surface area contributed by atoms with Crippen molar-refractivity contribution in [2.75, 3.05) is 12.4 Å². The highest BCUT2D eigenvalue weighted by Gasteiger charge is 2.12. The molecule has 0 fully saturated rings. The fourth-order valence-electron chi connectivity index (χ4n) is 1.72. The van der Waals surface area contributed by atoms with Gasteiger partial charge in [0.05, 0.1) is 5.69 Å². The molecule has 1 N–H and O–H groups in total. The maximum Gasteiger partial charge on any atom is 0.254 e. The van der Waals surface area contributed by atoms with E-state index in [1.807, 2.05) is 43.3 Å². The van der Waals surface area contributed by atoms with Gasteiger partial charge in [0.25, 0.3) is 5.91 Å². The van der Waals surface area contributed by atoms with Crippen molar-refractivity contribution in [3.8, 4) is 11.3 Å². The number of methoxy groups -OCH3 is 1. The van der Waals surface area contributed by atoms with Gasteiger partial charge >= 0.3 is 0 Å². The molecule has 4 heteroatoms. The summed E-state index contributed by atoms with van der Waals surface area (Å²) >= 11 is 0. The second-order valence-corrected chi connectivity index (χ2v) is 4.64. The number of aromatic nitrogens is 1. The minimum absolute atomic E-state index is 0.207. The Morgan fingerprint density at radius 3 is 2.55 bits per heavy atom. The van der Waals surface area contributed by atoms with Gasteiger partial charge in [-0.15, -0.1) is 0 Å². The standard InChI is InChI=1S/C16H18N2O2/c1-11-7-9-13(10-8-11)14-5-4-6-15(17-14)18-16(19)12(2)20-3/h4-10,12H,1-3H3,(H,17,18,19). The zero-order valence-electron chi connectivity index (χ0n) is 11.9. The van der Waals surface area contributed by atoms with Gasteiger partial charge in [0.15, 0.2) is 0 Å². The van der Waals surface area contributed by atoms with E-state index in [1.54, 1.807) is 13.0 Å². The zero-order valence-corrected chi connectivity index (χ0v) is 11.9. The van der Waals surface area contributed by atoms with Crippen LogP contribution in [-0.4, -0.2) is 24.1 Å². The van der Waals surface area contributed by atoms with Crippen molar-refractivity contribution >= 4 is 11.7 Å². The van der Waals surface area contributed by atoms with Gasteiger partial charge in [-0.2, -0.15) is 0 Å². The number of hydrogen-bond acceptors (Lipinski definition) is 3. The van der Waals surface area contributed by atoms with Crippen molar-refractivity contribution in [1.82, 2.24) is 4.98 Å². The first-order valence-corrected chi connectivity index (χ1v) is 6.48. The van der Waals surface area contributed by atoms with Crippen LogP contribution in [0.25, 0.3) is 11.3 Å². The van der Waals surface area contributed by atoms with Gasteiger partial charge in [0.2, 0.25) is 0 Å². The van der Waals surface area contributed by atoms with Crippen LogP contribution in [0.1, 0.15) is 12.5 Å². The Morgan fingerprint density at radius 1 is 1.20 bits per heavy atom. The number of benzene rings is 1. The number of aryl methyl sites for hydroxylation is 1. The molecular weight excluding hydrogens is 252 g/mol. The number of carbonyl (C=O) groups is 1. The Hall–Kier alpha value is -2.20. The van der Waals surface area contributed by atoms with Crippen LogP contribution in [0.5, 0.6) is 0 Å². The van der Waals surface area contributed by atoms with Crippen LogP contribution in [0, 0.1) is 6.92 Å². The maximum atomic E-state index is 11.8. The molecule has 0 saturated carbocycles. The van der Waals surface area contributed by atoms with Gasteiger partial charge in [-0.05, 0) is 26.0 Å². The van der Waals surface area contributed by atoms with E-state index in [0.717, 1.165) is 11.3 Å². The number of anilines is 1. The monoisotopic (exact) mass is 270 g/mol. The number of amides is 1. The number of ether oxygens (including phenoxy) is 1. The summed E-state index contributed by atoms with van der Waals surface area (Å²) in [6.45, 7) is 3.74. The van der Waals surface area contributed by atoms with Gasteiger partial charge in [-0.25, -0.2) is 4.98 Å². The molecule has 0 spiro atoms. The van der Waals surface area contributed by atoms with E-state index in [9.17, 15) is 4.79 Å². The van der Waals surface area contributed by atoms with Crippen molar-refractivity contribution in [2.45, 2.75) is 20.0 Å². The Labute approximate surface area is 118 Å². The molecule has 1 atom stereocenters. The molecule has 0 radical (unpaired) electrons. The average molecular weight is 270 g/mol. The third kappa shape index (κ3) is 3.42. The summed E-state index contributed by atoms with van der Waals surface area (Å²) in [5.41, 5.74) is 3.05. The topological polar surface area (TPSA) is 51.2 Å². The Bertz CT molecular complexity index is 594. The molecular formula is C16H18N2O2. The lowest BCUT2D eigenvalue weighted by Gasteiger charge is -2.10. The van der Waals surface area contributed by atoms with Crippen LogP contribution in [0.2, 0.25) is 0 Å². The van der Waals surface area contributed by atoms with Gasteiger partial charge in [-0.3, -0.25) is 4.79 Å². The second-order valence-electron chi connectivity index (χ2n) is 4.64. The van der Waals surface area contributed by atoms with Gasteiger partial charge in [0.1, 0.15) is 11.9 Å². The summed E-state index contributed by atoms with van der Waals surface area (Å²) in [6, 6.07) is 13.7. The number of carbonyl (C=O) groups excluding carboxylic acids is 1. The van der Waals surface area contributed by atoms with Crippen molar-refractivity contribution in [2.24, 2.45) is 0 Å². The van der Waals surface area contributed by atoms with Gasteiger partial charge in [-0.1, -0.05) is 35.9 Å². The molecule has 0 aliphatic rings. The van der Waals surface area contributed by atoms with Crippen LogP contribution < -0.4 is 5.32 Å². The molecule has 104 valence electrons. The molecule has 1 aromatic carbocycles. The highest BCUT2D eigenvalue weighted by atomic mass is 16.5. The summed E-state index contributed by atoms with van der Waals surface area (Å²) in [5, 5.41) is 2.74. The number of rotatable bonds is 4. The summed E-state index contributed by atoms with van der Waals surface area (Å²) in [7, 11) is 1.50. The first-order chi connectivity index (χ1) is 9.60. The summed E-state index contributed by atoms with van der Waals surface area (Å²) in [4.78, 5) is 16.2. The molecule has 1 unspecified atom stereocenters. The van der Waals surface area contributed by atoms with E-state index in [4.69, 9.17) is 4.74 Å². The molecule has 2 rings (SSSR count). The van der Waals surface area contributed by atoms with Crippen LogP contribution in [0.15, 0.2) is 42.5 Å². The first-order valence-electron chi connectivity index (χ1n) is 6.48. The van der Waals surface area contributed by atoms with Crippen molar-refractivity contribution < 1.29 is 9.53 Å². The molecule has 20 heavy (non-hydrogen) atoms. The average Bonchev–Trinajstić information content (AvgIpc) is 2.47. The highest BCUT2D eigenvalue weighted by molar-refractivity contribution is 5.93. The summed E-state index contributed by atoms with van der Waals surface area (Å²) < 4.78 is 4.97. The molecule has 4 nitrogen and oxygen atoms in total. The van der Waals surface area contributed by atoms with Crippen LogP contribution in [-0.2, 0) is 9.53 Å². The van der Waals surface area contributed by atoms with E-state index in [2.05, 4.69) is 10.3 Å². The fraction of sp³-hybridized carbons (Fsp3) is 0.250. The van der Waals surface area contributed by atoms with Crippen molar-refractivity contribution in [3.63, 3.8) is 0 Å². The van der Waals surface area contributed by atoms with E-state index in [-0.39, 0.29) is 5.91 Å². The number of pyridine rings is 1. The zero-order chi connectivity index (χ0) is 14.5. The predicted octanol–water partition coefficient (Wildman–Crippen LogP) is 3.03. The van der Waals surface area contributed by atoms with Crippen LogP contribution >= 0.6 is 0 Å². The normalized spacial score (nSPS) is 11.9. The van der Waals surface area contributed by atoms with Crippen LogP contribution in [0.3, 0.4) is 0 Å². The molecule has 1 amide bonds. The number of hydrogen-bond donors (Lipinski definition) is 1. The molecule has 0 aliphatic carbocycles. The van der Waals surface area contributed by atoms with Gasteiger partial charge < -0.3 is 10.1 Å². The minimum atomic E-state index is -0.500. The van der Waals surface area contributed by atoms with E-state index in [0.29, 0.717) is 5.82 Å². The number of nitrogens with zero attached hydrogens (tertiary/aromatic N) is 1. The lowest BCUT2D eigenvalue weighted by molar-refractivity contribution is -0.124. The predicted molar refractivity (Wildman–Crippen MR) is 79.5 cm³/mol. The highest BCUT2D eigenvalue weighted by Crippen LogP contribution is 2.19. The third-order valence-corrected chi connectivity index (χ3v) is 3.07. The number of nitrogens with one attached hydrogen (secondary N) is 1. The van der Waals surface area contributed by atoms with Crippen LogP contribution in [0.4, 0.5) is 5.82 Å². The SMILES string of the molecule is COC(C)C(=O)Nc1cccc(-c2ccc(C)cc2)n1. The maximum absolute atomic E-state index is 11.8. The first kappa shape index (κ1) is 14.2. The Balaban J connectivity index is 2.20. The summed E-state index contributed by atoms with van der Waals surface area (Å²) in [5.74, 6) is 0.318. The largest absolute Gasteiger partial charge is 0.372 e. The second kappa shape index (κ2) is 6.30. The Morgan fingerprint density at radius 2 is 1.90 bits per heavy atom. The van der Waals surface area contributed by atoms with E-state index in [1.165, 1.54) is 12.7 Å². The lowest BCUT2D eigenvalue weighted by atomic mass is 10.1. The molecule has 0 aliphatic heterocycles. The molecule has 1 heterocycles. The Kier molecular flexibility index (Phi) is 4.48. The quantitative estimate of drug-likeness (QED) is 0.929. The fourth-order valence-corrected chi connectivity index (χ4v) is 1.72. The van der Waals surface area contributed by atoms with Crippen molar-refractivity contribution in [1.29, 1.82) is 0 Å². The molecule has 2 aromatic rings. The third-order valence-electron chi connectivity index (χ3n) is 3.07. The van der Waals surface area contributed by atoms with Crippen molar-refractivity contribution in [3.05, 3.63) is 48.0 Å². The molecule has 0 saturated heterocycles.